The van der Waals surface area contributed by atoms with Gasteiger partial charge < -0.3 is 4.90 Å². The molecule has 0 saturated carbocycles. The fourth-order valence-corrected chi connectivity index (χ4v) is 2.64. The smallest absolute Gasteiger partial charge is 0.254 e. The highest BCUT2D eigenvalue weighted by Gasteiger charge is 2.19. The minimum atomic E-state index is -3.71. The second kappa shape index (κ2) is 6.29. The Bertz CT molecular complexity index is 756. The van der Waals surface area contributed by atoms with E-state index in [2.05, 4.69) is 0 Å². The van der Waals surface area contributed by atoms with Gasteiger partial charge in [0, 0.05) is 12.6 Å². The summed E-state index contributed by atoms with van der Waals surface area (Å²) in [5.74, 6) is -0.0939. The number of rotatable bonds is 4. The second-order valence-electron chi connectivity index (χ2n) is 5.07. The van der Waals surface area contributed by atoms with E-state index in [0.29, 0.717) is 5.56 Å². The molecule has 0 fully saturated rings. The predicted molar refractivity (Wildman–Crippen MR) is 84.8 cm³/mol. The maximum atomic E-state index is 12.4. The first-order valence-corrected chi connectivity index (χ1v) is 8.30. The molecular formula is C16H18N2O3S. The molecule has 0 saturated heterocycles. The van der Waals surface area contributed by atoms with Gasteiger partial charge in [0.25, 0.3) is 5.91 Å². The van der Waals surface area contributed by atoms with Crippen LogP contribution in [0.3, 0.4) is 0 Å². The molecule has 0 radical (unpaired) electrons. The van der Waals surface area contributed by atoms with Crippen LogP contribution < -0.4 is 5.14 Å². The van der Waals surface area contributed by atoms with Crippen molar-refractivity contribution in [3.05, 3.63) is 65.7 Å². The Labute approximate surface area is 130 Å². The Morgan fingerprint density at radius 2 is 1.59 bits per heavy atom. The molecule has 1 amide bonds. The Balaban J connectivity index is 2.20. The van der Waals surface area contributed by atoms with E-state index in [0.717, 1.165) is 5.56 Å². The van der Waals surface area contributed by atoms with Crippen LogP contribution in [0.1, 0.15) is 28.9 Å². The third kappa shape index (κ3) is 3.52. The standard InChI is InChI=1S/C16H18N2O3S/c1-12(13-8-10-15(11-9-13)22(17,20)21)18(2)16(19)14-6-4-3-5-7-14/h3-12H,1-2H3,(H2,17,20,21). The average molecular weight is 318 g/mol. The van der Waals surface area contributed by atoms with Gasteiger partial charge in [-0.15, -0.1) is 0 Å². The van der Waals surface area contributed by atoms with Gasteiger partial charge in [0.15, 0.2) is 0 Å². The lowest BCUT2D eigenvalue weighted by molar-refractivity contribution is 0.0742. The van der Waals surface area contributed by atoms with Crippen LogP contribution in [0, 0.1) is 0 Å². The molecule has 1 atom stereocenters. The van der Waals surface area contributed by atoms with E-state index in [1.807, 2.05) is 25.1 Å². The van der Waals surface area contributed by atoms with Crippen molar-refractivity contribution in [2.75, 3.05) is 7.05 Å². The number of hydrogen-bond acceptors (Lipinski definition) is 3. The first-order chi connectivity index (χ1) is 10.3. The number of primary sulfonamides is 1. The van der Waals surface area contributed by atoms with Crippen LogP contribution in [-0.2, 0) is 10.0 Å². The summed E-state index contributed by atoms with van der Waals surface area (Å²) in [6.45, 7) is 1.88. The molecule has 0 aliphatic carbocycles. The molecule has 2 aromatic carbocycles. The van der Waals surface area contributed by atoms with E-state index in [9.17, 15) is 13.2 Å². The SMILES string of the molecule is CC(c1ccc(S(N)(=O)=O)cc1)N(C)C(=O)c1ccccc1. The van der Waals surface area contributed by atoms with Crippen molar-refractivity contribution < 1.29 is 13.2 Å². The van der Waals surface area contributed by atoms with E-state index >= 15 is 0 Å². The molecule has 0 heterocycles. The molecule has 2 aromatic rings. The van der Waals surface area contributed by atoms with Gasteiger partial charge in [0.2, 0.25) is 10.0 Å². The molecule has 5 nitrogen and oxygen atoms in total. The fourth-order valence-electron chi connectivity index (χ4n) is 2.12. The monoisotopic (exact) mass is 318 g/mol. The third-order valence-electron chi connectivity index (χ3n) is 3.61. The highest BCUT2D eigenvalue weighted by atomic mass is 32.2. The summed E-state index contributed by atoms with van der Waals surface area (Å²) in [5.41, 5.74) is 1.44. The van der Waals surface area contributed by atoms with Crippen LogP contribution in [0.4, 0.5) is 0 Å². The number of hydrogen-bond donors (Lipinski definition) is 1. The molecule has 6 heteroatoms. The lowest BCUT2D eigenvalue weighted by Crippen LogP contribution is -2.29. The van der Waals surface area contributed by atoms with Crippen molar-refractivity contribution in [1.29, 1.82) is 0 Å². The Kier molecular flexibility index (Phi) is 4.63. The average Bonchev–Trinajstić information content (AvgIpc) is 2.53. The Morgan fingerprint density at radius 1 is 1.05 bits per heavy atom. The Morgan fingerprint density at radius 3 is 2.09 bits per heavy atom. The van der Waals surface area contributed by atoms with Crippen LogP contribution in [0.2, 0.25) is 0 Å². The van der Waals surface area contributed by atoms with Gasteiger partial charge in [-0.25, -0.2) is 13.6 Å². The summed E-state index contributed by atoms with van der Waals surface area (Å²) in [6, 6.07) is 15.0. The minimum absolute atomic E-state index is 0.0560. The number of benzene rings is 2. The van der Waals surface area contributed by atoms with Gasteiger partial charge >= 0.3 is 0 Å². The first-order valence-electron chi connectivity index (χ1n) is 6.75. The second-order valence-corrected chi connectivity index (χ2v) is 6.63. The molecule has 0 aliphatic rings. The number of amides is 1. The number of nitrogens with two attached hydrogens (primary N) is 1. The van der Waals surface area contributed by atoms with Crippen molar-refractivity contribution in [2.45, 2.75) is 17.9 Å². The number of nitrogens with zero attached hydrogens (tertiary/aromatic N) is 1. The van der Waals surface area contributed by atoms with E-state index in [-0.39, 0.29) is 16.8 Å². The quantitative estimate of drug-likeness (QED) is 0.938. The topological polar surface area (TPSA) is 80.5 Å². The molecular weight excluding hydrogens is 300 g/mol. The highest BCUT2D eigenvalue weighted by molar-refractivity contribution is 7.89. The summed E-state index contributed by atoms with van der Waals surface area (Å²) >= 11 is 0. The summed E-state index contributed by atoms with van der Waals surface area (Å²) in [5, 5.41) is 5.07. The van der Waals surface area contributed by atoms with Crippen molar-refractivity contribution in [2.24, 2.45) is 5.14 Å². The zero-order valence-electron chi connectivity index (χ0n) is 12.4. The molecule has 22 heavy (non-hydrogen) atoms. The van der Waals surface area contributed by atoms with Crippen LogP contribution >= 0.6 is 0 Å². The zero-order valence-corrected chi connectivity index (χ0v) is 13.2. The van der Waals surface area contributed by atoms with Crippen LogP contribution in [0.5, 0.6) is 0 Å². The lowest BCUT2D eigenvalue weighted by Gasteiger charge is -2.25. The summed E-state index contributed by atoms with van der Waals surface area (Å²) < 4.78 is 22.5. The van der Waals surface area contributed by atoms with E-state index < -0.39 is 10.0 Å². The van der Waals surface area contributed by atoms with Gasteiger partial charge in [0.1, 0.15) is 0 Å². The van der Waals surface area contributed by atoms with Gasteiger partial charge in [-0.05, 0) is 36.8 Å². The molecule has 2 N–H and O–H groups in total. The summed E-state index contributed by atoms with van der Waals surface area (Å²) in [7, 11) is -1.99. The molecule has 2 rings (SSSR count). The van der Waals surface area contributed by atoms with Crippen molar-refractivity contribution in [3.8, 4) is 0 Å². The van der Waals surface area contributed by atoms with E-state index in [1.54, 1.807) is 36.2 Å². The van der Waals surface area contributed by atoms with E-state index in [1.165, 1.54) is 12.1 Å². The van der Waals surface area contributed by atoms with Crippen LogP contribution in [0.15, 0.2) is 59.5 Å². The number of carbonyl (C=O) groups is 1. The molecule has 0 spiro atoms. The molecule has 0 aromatic heterocycles. The fraction of sp³-hybridized carbons (Fsp3) is 0.188. The highest BCUT2D eigenvalue weighted by Crippen LogP contribution is 2.22. The summed E-state index contributed by atoms with van der Waals surface area (Å²) in [6.07, 6.45) is 0. The number of carbonyl (C=O) groups excluding carboxylic acids is 1. The minimum Gasteiger partial charge on any atom is -0.335 e. The predicted octanol–water partition coefficient (Wildman–Crippen LogP) is 2.17. The molecule has 116 valence electrons. The van der Waals surface area contributed by atoms with Crippen molar-refractivity contribution >= 4 is 15.9 Å². The van der Waals surface area contributed by atoms with Gasteiger partial charge in [-0.2, -0.15) is 0 Å². The third-order valence-corrected chi connectivity index (χ3v) is 4.54. The lowest BCUT2D eigenvalue weighted by atomic mass is 10.1. The maximum Gasteiger partial charge on any atom is 0.254 e. The van der Waals surface area contributed by atoms with Gasteiger partial charge in [-0.3, -0.25) is 4.79 Å². The molecule has 1 unspecified atom stereocenters. The largest absolute Gasteiger partial charge is 0.335 e. The molecule has 0 bridgehead atoms. The van der Waals surface area contributed by atoms with Crippen molar-refractivity contribution in [3.63, 3.8) is 0 Å². The maximum absolute atomic E-state index is 12.4. The van der Waals surface area contributed by atoms with Crippen LogP contribution in [-0.4, -0.2) is 26.3 Å². The molecule has 0 aliphatic heterocycles. The summed E-state index contributed by atoms with van der Waals surface area (Å²) in [4.78, 5) is 14.1. The zero-order chi connectivity index (χ0) is 16.3. The normalized spacial score (nSPS) is 12.7. The Hall–Kier alpha value is -2.18. The van der Waals surface area contributed by atoms with Gasteiger partial charge in [-0.1, -0.05) is 30.3 Å². The van der Waals surface area contributed by atoms with E-state index in [4.69, 9.17) is 5.14 Å². The van der Waals surface area contributed by atoms with Crippen molar-refractivity contribution in [1.82, 2.24) is 4.90 Å². The number of sulfonamides is 1. The first kappa shape index (κ1) is 16.2. The van der Waals surface area contributed by atoms with Gasteiger partial charge in [0.05, 0.1) is 10.9 Å². The van der Waals surface area contributed by atoms with Crippen LogP contribution in [0.25, 0.3) is 0 Å².